The average molecular weight is 467 g/mol. The van der Waals surface area contributed by atoms with Gasteiger partial charge in [0.1, 0.15) is 5.69 Å². The predicted octanol–water partition coefficient (Wildman–Crippen LogP) is 6.34. The van der Waals surface area contributed by atoms with Crippen LogP contribution in [0.1, 0.15) is 30.7 Å². The van der Waals surface area contributed by atoms with Crippen molar-refractivity contribution in [2.45, 2.75) is 32.4 Å². The fourth-order valence-electron chi connectivity index (χ4n) is 3.13. The minimum absolute atomic E-state index is 0.0520. The quantitative estimate of drug-likeness (QED) is 0.431. The number of aromatic nitrogens is 3. The maximum absolute atomic E-state index is 15.5. The highest BCUT2D eigenvalue weighted by Crippen LogP contribution is 2.30. The summed E-state index contributed by atoms with van der Waals surface area (Å²) in [7, 11) is 0. The summed E-state index contributed by atoms with van der Waals surface area (Å²) in [5.74, 6) is 0.179. The topological polar surface area (TPSA) is 58.6 Å². The van der Waals surface area contributed by atoms with Crippen LogP contribution in [0.15, 0.2) is 53.5 Å². The Morgan fingerprint density at radius 2 is 1.90 bits per heavy atom. The highest BCUT2D eigenvalue weighted by Gasteiger charge is 2.30. The summed E-state index contributed by atoms with van der Waals surface area (Å²) in [6.45, 7) is 3.08. The van der Waals surface area contributed by atoms with E-state index < -0.39 is 11.2 Å². The Morgan fingerprint density at radius 3 is 2.53 bits per heavy atom. The number of H-pyrrole nitrogens is 1. The van der Waals surface area contributed by atoms with Crippen LogP contribution in [-0.2, 0) is 18.5 Å². The van der Waals surface area contributed by atoms with E-state index in [-0.39, 0.29) is 23.5 Å². The number of benzene rings is 1. The molecule has 3 aromatic rings. The van der Waals surface area contributed by atoms with Gasteiger partial charge in [-0.2, -0.15) is 0 Å². The lowest BCUT2D eigenvalue weighted by atomic mass is 9.95. The zero-order valence-corrected chi connectivity index (χ0v) is 18.6. The Kier molecular flexibility index (Phi) is 6.96. The molecule has 0 spiro atoms. The maximum atomic E-state index is 15.5. The summed E-state index contributed by atoms with van der Waals surface area (Å²) >= 11 is 17.9. The summed E-state index contributed by atoms with van der Waals surface area (Å²) in [6, 6.07) is 8.49. The third kappa shape index (κ3) is 5.09. The Morgan fingerprint density at radius 1 is 1.13 bits per heavy atom. The minimum atomic E-state index is -1.93. The van der Waals surface area contributed by atoms with E-state index in [1.54, 1.807) is 37.3 Å². The van der Waals surface area contributed by atoms with E-state index in [4.69, 9.17) is 34.8 Å². The number of alkyl halides is 1. The normalized spacial score (nSPS) is 13.5. The zero-order chi connectivity index (χ0) is 21.9. The molecule has 156 valence electrons. The van der Waals surface area contributed by atoms with Gasteiger partial charge in [0.2, 0.25) is 0 Å². The number of hydrogen-bond donors (Lipinski definition) is 1. The molecule has 0 fully saturated rings. The van der Waals surface area contributed by atoms with E-state index in [0.29, 0.717) is 27.2 Å². The molecule has 0 bridgehead atoms. The Bertz CT molecular complexity index is 1140. The van der Waals surface area contributed by atoms with E-state index in [1.807, 2.05) is 6.07 Å². The Labute approximate surface area is 188 Å². The number of nitrogens with one attached hydrogen (secondary N) is 1. The van der Waals surface area contributed by atoms with Gasteiger partial charge in [-0.15, -0.1) is 0 Å². The summed E-state index contributed by atoms with van der Waals surface area (Å²) in [6.07, 6.45) is 5.15. The second-order valence-electron chi connectivity index (χ2n) is 6.93. The number of allylic oxidation sites excluding steroid dienone is 2. The first-order valence-corrected chi connectivity index (χ1v) is 10.4. The highest BCUT2D eigenvalue weighted by atomic mass is 35.5. The van der Waals surface area contributed by atoms with Crippen molar-refractivity contribution in [2.75, 3.05) is 0 Å². The SMILES string of the molecule is CC=CC(C)(F)c1nc(-c2ccc(Cl)cn2)[nH]c(=O)c1CCc1ccc(Cl)c(Cl)c1. The molecule has 0 aliphatic carbocycles. The molecule has 30 heavy (non-hydrogen) atoms. The third-order valence-corrected chi connectivity index (χ3v) is 5.54. The van der Waals surface area contributed by atoms with E-state index in [1.165, 1.54) is 19.2 Å². The smallest absolute Gasteiger partial charge is 0.254 e. The molecule has 1 unspecified atom stereocenters. The van der Waals surface area contributed by atoms with Crippen LogP contribution in [0.3, 0.4) is 0 Å². The molecule has 3 rings (SSSR count). The van der Waals surface area contributed by atoms with Crippen LogP contribution in [0.2, 0.25) is 15.1 Å². The molecule has 2 aromatic heterocycles. The molecule has 4 nitrogen and oxygen atoms in total. The molecule has 1 aromatic carbocycles. The molecule has 0 saturated heterocycles. The Balaban J connectivity index is 2.05. The van der Waals surface area contributed by atoms with Gasteiger partial charge >= 0.3 is 0 Å². The molecule has 0 radical (unpaired) electrons. The van der Waals surface area contributed by atoms with Gasteiger partial charge in [-0.3, -0.25) is 9.78 Å². The van der Waals surface area contributed by atoms with Crippen molar-refractivity contribution < 1.29 is 4.39 Å². The molecule has 2 heterocycles. The molecular weight excluding hydrogens is 448 g/mol. The lowest BCUT2D eigenvalue weighted by Crippen LogP contribution is -2.26. The number of pyridine rings is 1. The molecule has 0 saturated carbocycles. The minimum Gasteiger partial charge on any atom is -0.305 e. The molecule has 1 atom stereocenters. The van der Waals surface area contributed by atoms with Crippen molar-refractivity contribution in [3.8, 4) is 11.5 Å². The van der Waals surface area contributed by atoms with Gasteiger partial charge in [0.25, 0.3) is 5.56 Å². The van der Waals surface area contributed by atoms with E-state index in [0.717, 1.165) is 5.56 Å². The summed E-state index contributed by atoms with van der Waals surface area (Å²) in [4.78, 5) is 24.2. The fourth-order valence-corrected chi connectivity index (χ4v) is 3.56. The van der Waals surface area contributed by atoms with Crippen molar-refractivity contribution in [1.82, 2.24) is 15.0 Å². The van der Waals surface area contributed by atoms with E-state index >= 15 is 4.39 Å². The Hall–Kier alpha value is -2.21. The summed E-state index contributed by atoms with van der Waals surface area (Å²) in [5, 5.41) is 1.32. The lowest BCUT2D eigenvalue weighted by Gasteiger charge is -2.20. The maximum Gasteiger partial charge on any atom is 0.254 e. The standard InChI is InChI=1S/C22H19Cl3FN3O/c1-3-10-22(2,26)19-15(7-4-13-5-8-16(24)17(25)11-13)21(30)29-20(28-19)18-9-6-14(23)12-27-18/h3,5-6,8-12H,4,7H2,1-2H3,(H,28,29,30). The van der Waals surface area contributed by atoms with Gasteiger partial charge in [-0.25, -0.2) is 9.37 Å². The molecule has 0 aliphatic heterocycles. The number of hydrogen-bond acceptors (Lipinski definition) is 3. The molecule has 8 heteroatoms. The predicted molar refractivity (Wildman–Crippen MR) is 120 cm³/mol. The first-order chi connectivity index (χ1) is 14.2. The number of aryl methyl sites for hydroxylation is 1. The molecule has 1 N–H and O–H groups in total. The number of rotatable bonds is 6. The monoisotopic (exact) mass is 465 g/mol. The fraction of sp³-hybridized carbons (Fsp3) is 0.227. The summed E-state index contributed by atoms with van der Waals surface area (Å²) < 4.78 is 15.5. The van der Waals surface area contributed by atoms with Crippen molar-refractivity contribution in [3.05, 3.63) is 90.9 Å². The zero-order valence-electron chi connectivity index (χ0n) is 16.3. The van der Waals surface area contributed by atoms with Gasteiger partial charge in [0.05, 0.1) is 20.8 Å². The van der Waals surface area contributed by atoms with Crippen molar-refractivity contribution in [3.63, 3.8) is 0 Å². The van der Waals surface area contributed by atoms with Crippen LogP contribution in [0.25, 0.3) is 11.5 Å². The number of halogens is 4. The van der Waals surface area contributed by atoms with Gasteiger partial charge in [-0.1, -0.05) is 46.9 Å². The van der Waals surface area contributed by atoms with Crippen LogP contribution in [0, 0.1) is 0 Å². The van der Waals surface area contributed by atoms with Crippen molar-refractivity contribution in [2.24, 2.45) is 0 Å². The first-order valence-electron chi connectivity index (χ1n) is 9.23. The van der Waals surface area contributed by atoms with Gasteiger partial charge in [0, 0.05) is 11.8 Å². The average Bonchev–Trinajstić information content (AvgIpc) is 2.69. The number of aromatic amines is 1. The second-order valence-corrected chi connectivity index (χ2v) is 8.18. The highest BCUT2D eigenvalue weighted by molar-refractivity contribution is 6.42. The van der Waals surface area contributed by atoms with Crippen molar-refractivity contribution in [1.29, 1.82) is 0 Å². The van der Waals surface area contributed by atoms with E-state index in [9.17, 15) is 4.79 Å². The molecule has 0 aliphatic rings. The molecule has 0 amide bonds. The largest absolute Gasteiger partial charge is 0.305 e. The number of nitrogens with zero attached hydrogens (tertiary/aromatic N) is 2. The van der Waals surface area contributed by atoms with Crippen LogP contribution < -0.4 is 5.56 Å². The van der Waals surface area contributed by atoms with Crippen LogP contribution in [0.5, 0.6) is 0 Å². The first kappa shape index (κ1) is 22.5. The van der Waals surface area contributed by atoms with Crippen LogP contribution >= 0.6 is 34.8 Å². The van der Waals surface area contributed by atoms with Crippen LogP contribution in [-0.4, -0.2) is 15.0 Å². The van der Waals surface area contributed by atoms with Gasteiger partial charge in [-0.05, 0) is 62.6 Å². The summed E-state index contributed by atoms with van der Waals surface area (Å²) in [5.41, 5.74) is -0.759. The van der Waals surface area contributed by atoms with Gasteiger partial charge in [0.15, 0.2) is 11.5 Å². The van der Waals surface area contributed by atoms with Gasteiger partial charge < -0.3 is 4.98 Å². The third-order valence-electron chi connectivity index (χ3n) is 4.58. The molecular formula is C22H19Cl3FN3O. The van der Waals surface area contributed by atoms with Crippen LogP contribution in [0.4, 0.5) is 4.39 Å². The second kappa shape index (κ2) is 9.29. The van der Waals surface area contributed by atoms with Crippen molar-refractivity contribution >= 4 is 34.8 Å². The van der Waals surface area contributed by atoms with E-state index in [2.05, 4.69) is 15.0 Å². The lowest BCUT2D eigenvalue weighted by molar-refractivity contribution is 0.253.